The van der Waals surface area contributed by atoms with Crippen LogP contribution in [0.2, 0.25) is 0 Å². The summed E-state index contributed by atoms with van der Waals surface area (Å²) in [6.45, 7) is 8.43. The van der Waals surface area contributed by atoms with E-state index in [9.17, 15) is 5.26 Å². The lowest BCUT2D eigenvalue weighted by Gasteiger charge is -2.41. The van der Waals surface area contributed by atoms with Gasteiger partial charge in [0, 0.05) is 38.3 Å². The third kappa shape index (κ3) is 3.44. The lowest BCUT2D eigenvalue weighted by molar-refractivity contribution is 0.0798. The molecule has 1 saturated heterocycles. The normalized spacial score (nSPS) is 29.8. The van der Waals surface area contributed by atoms with E-state index in [0.29, 0.717) is 12.1 Å². The Morgan fingerprint density at radius 1 is 1.39 bits per heavy atom. The van der Waals surface area contributed by atoms with E-state index in [4.69, 9.17) is 0 Å². The fourth-order valence-corrected chi connectivity index (χ4v) is 2.83. The van der Waals surface area contributed by atoms with Crippen molar-refractivity contribution in [1.29, 1.82) is 5.26 Å². The van der Waals surface area contributed by atoms with Crippen molar-refractivity contribution >= 4 is 0 Å². The van der Waals surface area contributed by atoms with E-state index in [1.807, 2.05) is 6.92 Å². The van der Waals surface area contributed by atoms with Gasteiger partial charge in [0.25, 0.3) is 0 Å². The SMILES string of the molecule is CCC1CN(CC(C)(C#N)NC2CC2)CCN1C. The minimum absolute atomic E-state index is 0.380. The molecule has 0 bridgehead atoms. The third-order valence-corrected chi connectivity index (χ3v) is 4.22. The van der Waals surface area contributed by atoms with Crippen LogP contribution in [0.3, 0.4) is 0 Å². The quantitative estimate of drug-likeness (QED) is 0.792. The molecular weight excluding hydrogens is 224 g/mol. The molecule has 1 saturated carbocycles. The Labute approximate surface area is 111 Å². The number of rotatable bonds is 5. The lowest BCUT2D eigenvalue weighted by Crippen LogP contribution is -2.58. The molecule has 0 aromatic heterocycles. The van der Waals surface area contributed by atoms with Gasteiger partial charge in [0.2, 0.25) is 0 Å². The second-order valence-corrected chi connectivity index (χ2v) is 6.14. The molecule has 0 aromatic carbocycles. The van der Waals surface area contributed by atoms with E-state index in [2.05, 4.69) is 35.2 Å². The Balaban J connectivity index is 1.89. The van der Waals surface area contributed by atoms with Crippen LogP contribution in [0.1, 0.15) is 33.1 Å². The molecule has 102 valence electrons. The fraction of sp³-hybridized carbons (Fsp3) is 0.929. The largest absolute Gasteiger partial charge is 0.301 e. The smallest absolute Gasteiger partial charge is 0.116 e. The monoisotopic (exact) mass is 250 g/mol. The van der Waals surface area contributed by atoms with Gasteiger partial charge in [0.1, 0.15) is 5.54 Å². The molecule has 2 aliphatic rings. The maximum absolute atomic E-state index is 9.42. The highest BCUT2D eigenvalue weighted by Gasteiger charge is 2.35. The molecule has 4 heteroatoms. The van der Waals surface area contributed by atoms with E-state index < -0.39 is 0 Å². The van der Waals surface area contributed by atoms with Crippen molar-refractivity contribution in [2.24, 2.45) is 0 Å². The topological polar surface area (TPSA) is 42.3 Å². The van der Waals surface area contributed by atoms with Gasteiger partial charge in [-0.25, -0.2) is 0 Å². The predicted octanol–water partition coefficient (Wildman–Crippen LogP) is 1.05. The number of hydrogen-bond donors (Lipinski definition) is 1. The summed E-state index contributed by atoms with van der Waals surface area (Å²) in [5, 5.41) is 12.9. The van der Waals surface area contributed by atoms with E-state index in [0.717, 1.165) is 26.2 Å². The predicted molar refractivity (Wildman–Crippen MR) is 73.3 cm³/mol. The van der Waals surface area contributed by atoms with Crippen LogP contribution in [0.4, 0.5) is 0 Å². The number of likely N-dealkylation sites (N-methyl/N-ethyl adjacent to an activating group) is 1. The molecule has 0 spiro atoms. The Morgan fingerprint density at radius 3 is 2.67 bits per heavy atom. The van der Waals surface area contributed by atoms with Gasteiger partial charge in [-0.2, -0.15) is 5.26 Å². The van der Waals surface area contributed by atoms with Crippen molar-refractivity contribution in [3.05, 3.63) is 0 Å². The van der Waals surface area contributed by atoms with Gasteiger partial charge >= 0.3 is 0 Å². The summed E-state index contributed by atoms with van der Waals surface area (Å²) >= 11 is 0. The molecule has 1 N–H and O–H groups in total. The number of hydrogen-bond acceptors (Lipinski definition) is 4. The van der Waals surface area contributed by atoms with Gasteiger partial charge in [0.15, 0.2) is 0 Å². The summed E-state index contributed by atoms with van der Waals surface area (Å²) in [5.74, 6) is 0. The van der Waals surface area contributed by atoms with E-state index in [-0.39, 0.29) is 5.54 Å². The van der Waals surface area contributed by atoms with Crippen LogP contribution < -0.4 is 5.32 Å². The highest BCUT2D eigenvalue weighted by atomic mass is 15.3. The van der Waals surface area contributed by atoms with Gasteiger partial charge in [-0.3, -0.25) is 10.2 Å². The van der Waals surface area contributed by atoms with E-state index in [1.54, 1.807) is 0 Å². The standard InChI is InChI=1S/C14H26N4/c1-4-13-9-18(8-7-17(13)3)11-14(2,10-15)16-12-5-6-12/h12-13,16H,4-9,11H2,1-3H3. The molecule has 0 radical (unpaired) electrons. The molecular formula is C14H26N4. The van der Waals surface area contributed by atoms with Crippen LogP contribution in [-0.4, -0.2) is 60.6 Å². The third-order valence-electron chi connectivity index (χ3n) is 4.22. The minimum Gasteiger partial charge on any atom is -0.301 e. The summed E-state index contributed by atoms with van der Waals surface area (Å²) < 4.78 is 0. The Morgan fingerprint density at radius 2 is 2.11 bits per heavy atom. The first-order valence-corrected chi connectivity index (χ1v) is 7.18. The second kappa shape index (κ2) is 5.56. The van der Waals surface area contributed by atoms with Gasteiger partial charge in [-0.05, 0) is 33.2 Å². The Bertz CT molecular complexity index is 320. The van der Waals surface area contributed by atoms with Crippen LogP contribution >= 0.6 is 0 Å². The average molecular weight is 250 g/mol. The molecule has 1 aliphatic heterocycles. The average Bonchev–Trinajstić information content (AvgIpc) is 3.15. The van der Waals surface area contributed by atoms with Crippen LogP contribution in [0.5, 0.6) is 0 Å². The number of piperazine rings is 1. The zero-order valence-electron chi connectivity index (χ0n) is 11.9. The zero-order chi connectivity index (χ0) is 13.2. The zero-order valence-corrected chi connectivity index (χ0v) is 11.9. The van der Waals surface area contributed by atoms with Crippen molar-refractivity contribution < 1.29 is 0 Å². The maximum Gasteiger partial charge on any atom is 0.116 e. The highest BCUT2D eigenvalue weighted by molar-refractivity contribution is 5.09. The van der Waals surface area contributed by atoms with Crippen molar-refractivity contribution in [2.75, 3.05) is 33.2 Å². The summed E-state index contributed by atoms with van der Waals surface area (Å²) in [5.41, 5.74) is -0.380. The number of nitriles is 1. The molecule has 0 aromatic rings. The molecule has 2 rings (SSSR count). The summed E-state index contributed by atoms with van der Waals surface area (Å²) in [4.78, 5) is 4.89. The van der Waals surface area contributed by atoms with Crippen molar-refractivity contribution in [3.63, 3.8) is 0 Å². The Hall–Kier alpha value is -0.630. The summed E-state index contributed by atoms with van der Waals surface area (Å²) in [6.07, 6.45) is 3.65. The fourth-order valence-electron chi connectivity index (χ4n) is 2.83. The number of nitrogens with one attached hydrogen (secondary N) is 1. The minimum atomic E-state index is -0.380. The molecule has 4 nitrogen and oxygen atoms in total. The molecule has 18 heavy (non-hydrogen) atoms. The first-order chi connectivity index (χ1) is 8.56. The van der Waals surface area contributed by atoms with Gasteiger partial charge in [0.05, 0.1) is 6.07 Å². The summed E-state index contributed by atoms with van der Waals surface area (Å²) in [7, 11) is 2.21. The first kappa shape index (κ1) is 13.8. The van der Waals surface area contributed by atoms with Crippen molar-refractivity contribution in [3.8, 4) is 6.07 Å². The molecule has 1 aliphatic carbocycles. The molecule has 1 heterocycles. The molecule has 2 fully saturated rings. The Kier molecular flexibility index (Phi) is 4.26. The molecule has 0 amide bonds. The van der Waals surface area contributed by atoms with E-state index >= 15 is 0 Å². The first-order valence-electron chi connectivity index (χ1n) is 7.18. The molecule has 2 unspecified atom stereocenters. The van der Waals surface area contributed by atoms with E-state index in [1.165, 1.54) is 19.3 Å². The van der Waals surface area contributed by atoms with Crippen LogP contribution in [0.25, 0.3) is 0 Å². The lowest BCUT2D eigenvalue weighted by atomic mass is 10.0. The van der Waals surface area contributed by atoms with Crippen LogP contribution in [0, 0.1) is 11.3 Å². The molecule has 2 atom stereocenters. The maximum atomic E-state index is 9.42. The van der Waals surface area contributed by atoms with Crippen LogP contribution in [0.15, 0.2) is 0 Å². The van der Waals surface area contributed by atoms with Crippen molar-refractivity contribution in [1.82, 2.24) is 15.1 Å². The van der Waals surface area contributed by atoms with Gasteiger partial charge in [-0.1, -0.05) is 6.92 Å². The van der Waals surface area contributed by atoms with Crippen LogP contribution in [-0.2, 0) is 0 Å². The second-order valence-electron chi connectivity index (χ2n) is 6.14. The summed E-state index contributed by atoms with van der Waals surface area (Å²) in [6, 6.07) is 3.70. The number of nitrogens with zero attached hydrogens (tertiary/aromatic N) is 3. The highest BCUT2D eigenvalue weighted by Crippen LogP contribution is 2.23. The van der Waals surface area contributed by atoms with Gasteiger partial charge in [-0.15, -0.1) is 0 Å². The van der Waals surface area contributed by atoms with Gasteiger partial charge < -0.3 is 4.90 Å². The van der Waals surface area contributed by atoms with Crippen molar-refractivity contribution in [2.45, 2.75) is 50.7 Å².